The lowest BCUT2D eigenvalue weighted by molar-refractivity contribution is 0.0636. The Morgan fingerprint density at radius 2 is 2.26 bits per heavy atom. The molecule has 100 valence electrons. The van der Waals surface area contributed by atoms with Gasteiger partial charge in [-0.15, -0.1) is 0 Å². The molecule has 1 fully saturated rings. The molecule has 2 rings (SSSR count). The van der Waals surface area contributed by atoms with Crippen LogP contribution < -0.4 is 5.32 Å². The van der Waals surface area contributed by atoms with Gasteiger partial charge in [0.05, 0.1) is 5.56 Å². The minimum atomic E-state index is -0.135. The summed E-state index contributed by atoms with van der Waals surface area (Å²) in [4.78, 5) is 15.7. The minimum Gasteiger partial charge on any atom is -0.381 e. The van der Waals surface area contributed by atoms with Crippen LogP contribution in [-0.2, 0) is 4.74 Å². The molecule has 5 nitrogen and oxygen atoms in total. The Hall–Kier alpha value is -1.93. The fraction of sp³-hybridized carbons (Fsp3) is 0.500. The zero-order valence-corrected chi connectivity index (χ0v) is 10.8. The lowest BCUT2D eigenvalue weighted by atomic mass is 9.97. The number of rotatable bonds is 4. The second kappa shape index (κ2) is 6.86. The molecule has 5 heteroatoms. The van der Waals surface area contributed by atoms with Crippen molar-refractivity contribution < 1.29 is 9.53 Å². The number of amides is 1. The van der Waals surface area contributed by atoms with Gasteiger partial charge in [0.2, 0.25) is 0 Å². The van der Waals surface area contributed by atoms with Crippen LogP contribution in [0.3, 0.4) is 0 Å². The Morgan fingerprint density at radius 1 is 1.47 bits per heavy atom. The molecule has 0 spiro atoms. The van der Waals surface area contributed by atoms with Gasteiger partial charge in [0, 0.05) is 26.0 Å². The van der Waals surface area contributed by atoms with E-state index in [1.165, 1.54) is 6.20 Å². The van der Waals surface area contributed by atoms with Gasteiger partial charge < -0.3 is 10.1 Å². The predicted octanol–water partition coefficient (Wildman–Crippen LogP) is 1.50. The molecule has 0 bridgehead atoms. The van der Waals surface area contributed by atoms with Crippen molar-refractivity contribution in [3.8, 4) is 6.07 Å². The predicted molar refractivity (Wildman–Crippen MR) is 69.4 cm³/mol. The highest BCUT2D eigenvalue weighted by atomic mass is 16.5. The maximum Gasteiger partial charge on any atom is 0.252 e. The number of nitrogens with zero attached hydrogens (tertiary/aromatic N) is 2. The van der Waals surface area contributed by atoms with Gasteiger partial charge in [-0.25, -0.2) is 4.98 Å². The highest BCUT2D eigenvalue weighted by molar-refractivity contribution is 5.93. The van der Waals surface area contributed by atoms with Crippen LogP contribution in [-0.4, -0.2) is 30.6 Å². The van der Waals surface area contributed by atoms with Crippen molar-refractivity contribution in [3.05, 3.63) is 29.6 Å². The second-order valence-corrected chi connectivity index (χ2v) is 4.64. The van der Waals surface area contributed by atoms with E-state index >= 15 is 0 Å². The number of pyridine rings is 1. The molecule has 0 radical (unpaired) electrons. The standard InChI is InChI=1S/C14H17N3O2/c15-9-13-2-1-12(10-17-13)14(18)16-6-3-11-4-7-19-8-5-11/h1-2,10-11H,3-8H2,(H,16,18). The van der Waals surface area contributed by atoms with Crippen LogP contribution in [0, 0.1) is 17.2 Å². The summed E-state index contributed by atoms with van der Waals surface area (Å²) in [7, 11) is 0. The van der Waals surface area contributed by atoms with Crippen molar-refractivity contribution in [2.24, 2.45) is 5.92 Å². The second-order valence-electron chi connectivity index (χ2n) is 4.64. The van der Waals surface area contributed by atoms with Gasteiger partial charge in [-0.1, -0.05) is 0 Å². The largest absolute Gasteiger partial charge is 0.381 e. The van der Waals surface area contributed by atoms with E-state index in [0.717, 1.165) is 32.5 Å². The average Bonchev–Trinajstić information content (AvgIpc) is 2.48. The van der Waals surface area contributed by atoms with Crippen molar-refractivity contribution in [2.45, 2.75) is 19.3 Å². The molecule has 1 aromatic rings. The lowest BCUT2D eigenvalue weighted by Crippen LogP contribution is -2.27. The van der Waals surface area contributed by atoms with Crippen molar-refractivity contribution in [1.82, 2.24) is 10.3 Å². The molecule has 0 aliphatic carbocycles. The molecule has 1 aliphatic heterocycles. The molecule has 1 aromatic heterocycles. The maximum absolute atomic E-state index is 11.8. The Balaban J connectivity index is 1.75. The number of carbonyl (C=O) groups excluding carboxylic acids is 1. The summed E-state index contributed by atoms with van der Waals surface area (Å²) in [5.41, 5.74) is 0.810. The number of nitriles is 1. The highest BCUT2D eigenvalue weighted by Gasteiger charge is 2.14. The molecule has 0 unspecified atom stereocenters. The van der Waals surface area contributed by atoms with Gasteiger partial charge in [0.1, 0.15) is 11.8 Å². The first-order chi connectivity index (χ1) is 9.29. The third-order valence-electron chi connectivity index (χ3n) is 3.32. The molecule has 0 aromatic carbocycles. The molecule has 1 amide bonds. The quantitative estimate of drug-likeness (QED) is 0.889. The summed E-state index contributed by atoms with van der Waals surface area (Å²) in [6.07, 6.45) is 4.57. The van der Waals surface area contributed by atoms with E-state index < -0.39 is 0 Å². The van der Waals surface area contributed by atoms with E-state index in [1.807, 2.05) is 6.07 Å². The van der Waals surface area contributed by atoms with E-state index in [0.29, 0.717) is 23.7 Å². The highest BCUT2D eigenvalue weighted by Crippen LogP contribution is 2.17. The van der Waals surface area contributed by atoms with Gasteiger partial charge in [0.15, 0.2) is 0 Å². The van der Waals surface area contributed by atoms with Crippen LogP contribution in [0.1, 0.15) is 35.3 Å². The number of hydrogen-bond acceptors (Lipinski definition) is 4. The molecular formula is C14H17N3O2. The van der Waals surface area contributed by atoms with Crippen LogP contribution in [0.4, 0.5) is 0 Å². The lowest BCUT2D eigenvalue weighted by Gasteiger charge is -2.21. The van der Waals surface area contributed by atoms with Gasteiger partial charge in [-0.3, -0.25) is 4.79 Å². The SMILES string of the molecule is N#Cc1ccc(C(=O)NCCC2CCOCC2)cn1. The Morgan fingerprint density at radius 3 is 2.89 bits per heavy atom. The first-order valence-corrected chi connectivity index (χ1v) is 6.51. The van der Waals surface area contributed by atoms with Crippen LogP contribution in [0.15, 0.2) is 18.3 Å². The fourth-order valence-electron chi connectivity index (χ4n) is 2.12. The summed E-state index contributed by atoms with van der Waals surface area (Å²) in [5.74, 6) is 0.511. The van der Waals surface area contributed by atoms with Crippen LogP contribution in [0.25, 0.3) is 0 Å². The van der Waals surface area contributed by atoms with Gasteiger partial charge in [-0.05, 0) is 37.3 Å². The summed E-state index contributed by atoms with van der Waals surface area (Å²) >= 11 is 0. The molecule has 1 aliphatic rings. The van der Waals surface area contributed by atoms with Crippen LogP contribution in [0.2, 0.25) is 0 Å². The molecule has 1 saturated heterocycles. The van der Waals surface area contributed by atoms with Crippen molar-refractivity contribution in [2.75, 3.05) is 19.8 Å². The number of nitrogens with one attached hydrogen (secondary N) is 1. The number of ether oxygens (including phenoxy) is 1. The number of hydrogen-bond donors (Lipinski definition) is 1. The monoisotopic (exact) mass is 259 g/mol. The molecular weight excluding hydrogens is 242 g/mol. The molecule has 19 heavy (non-hydrogen) atoms. The molecule has 2 heterocycles. The molecule has 0 saturated carbocycles. The van der Waals surface area contributed by atoms with E-state index in [1.54, 1.807) is 12.1 Å². The topological polar surface area (TPSA) is 75.0 Å². The fourth-order valence-corrected chi connectivity index (χ4v) is 2.12. The zero-order chi connectivity index (χ0) is 13.5. The van der Waals surface area contributed by atoms with Crippen molar-refractivity contribution in [1.29, 1.82) is 5.26 Å². The third-order valence-corrected chi connectivity index (χ3v) is 3.32. The van der Waals surface area contributed by atoms with E-state index in [4.69, 9.17) is 10.00 Å². The Bertz CT molecular complexity index is 459. The first-order valence-electron chi connectivity index (χ1n) is 6.51. The van der Waals surface area contributed by atoms with E-state index in [2.05, 4.69) is 10.3 Å². The van der Waals surface area contributed by atoms with Crippen molar-refractivity contribution in [3.63, 3.8) is 0 Å². The van der Waals surface area contributed by atoms with E-state index in [9.17, 15) is 4.79 Å². The first kappa shape index (κ1) is 13.5. The van der Waals surface area contributed by atoms with Gasteiger partial charge in [-0.2, -0.15) is 5.26 Å². The van der Waals surface area contributed by atoms with Crippen molar-refractivity contribution >= 4 is 5.91 Å². The van der Waals surface area contributed by atoms with Gasteiger partial charge in [0.25, 0.3) is 5.91 Å². The summed E-state index contributed by atoms with van der Waals surface area (Å²) in [6, 6.07) is 5.09. The zero-order valence-electron chi connectivity index (χ0n) is 10.8. The molecule has 0 atom stereocenters. The summed E-state index contributed by atoms with van der Waals surface area (Å²) in [6.45, 7) is 2.33. The smallest absolute Gasteiger partial charge is 0.252 e. The number of carbonyl (C=O) groups is 1. The van der Waals surface area contributed by atoms with Crippen LogP contribution >= 0.6 is 0 Å². The van der Waals surface area contributed by atoms with Crippen LogP contribution in [0.5, 0.6) is 0 Å². The van der Waals surface area contributed by atoms with E-state index in [-0.39, 0.29) is 5.91 Å². The normalized spacial score (nSPS) is 15.7. The average molecular weight is 259 g/mol. The third kappa shape index (κ3) is 4.04. The maximum atomic E-state index is 11.8. The Labute approximate surface area is 112 Å². The number of aromatic nitrogens is 1. The summed E-state index contributed by atoms with van der Waals surface area (Å²) in [5, 5.41) is 11.5. The van der Waals surface area contributed by atoms with Gasteiger partial charge >= 0.3 is 0 Å². The molecule has 1 N–H and O–H groups in total. The summed E-state index contributed by atoms with van der Waals surface area (Å²) < 4.78 is 5.30. The Kier molecular flexibility index (Phi) is 4.87. The minimum absolute atomic E-state index is 0.135.